The maximum Gasteiger partial charge on any atom is 0.501 e. The monoisotopic (exact) mass is 1580 g/mol. The quantitative estimate of drug-likeness (QED) is 0.0174. The molecule has 0 radical (unpaired) electrons. The number of sulfone groups is 1. The van der Waals surface area contributed by atoms with Crippen molar-refractivity contribution >= 4 is 101 Å². The number of rotatable bonds is 32. The Balaban J connectivity index is 0.628. The normalized spacial score (nSPS) is 18.7. The standard InChI is InChI=1S/C80H100ClF3N10O10S4/c1-55(85-4)75(97)88-73(57-17-9-7-10-18-57)78(99)94-38-16-23-70(94)77-87-69(54-106-77)74(96)59-19-15-20-64(49-59)104-48-14-6-5-13-24-72(95)93-46-40-90(41-47-93)39-36-62(53-105-65-21-11-8-12-22-65)86-68-34-33-66(50-71(68)107(100,101)80(82,83)84)108(102,103)89-76(98)58-27-31-63(32-28-58)92-44-42-91(43-45-92)52-60-51-79(2,3)37-35-67(60)56-25-29-61(81)30-26-56/h8,11-12,15,19-22,25-34,49-50,54-55,57,62,70,73,85-86H,5-7,9-10,13-14,16-18,23-24,35-48,51-53H2,1-4H3,(H,88,97)(H,89,98). The minimum Gasteiger partial charge on any atom is -0.494 e. The molecule has 5 aromatic carbocycles. The van der Waals surface area contributed by atoms with Crippen molar-refractivity contribution in [3.63, 3.8) is 0 Å². The maximum atomic E-state index is 14.6. The topological polar surface area (TPSA) is 240 Å². The van der Waals surface area contributed by atoms with E-state index in [2.05, 4.69) is 56.6 Å². The van der Waals surface area contributed by atoms with Crippen molar-refractivity contribution in [1.82, 2.24) is 39.9 Å². The number of hydrogen-bond donors (Lipinski definition) is 4. The lowest BCUT2D eigenvalue weighted by molar-refractivity contribution is -0.139. The molecular formula is C80H100ClF3N10O10S4. The van der Waals surface area contributed by atoms with E-state index < -0.39 is 64.9 Å². The molecule has 5 aliphatic rings. The van der Waals surface area contributed by atoms with Gasteiger partial charge in [0.15, 0.2) is 0 Å². The molecule has 4 N–H and O–H groups in total. The van der Waals surface area contributed by atoms with Crippen LogP contribution in [-0.4, -0.2) is 186 Å². The fraction of sp³-hybridized carbons (Fsp3) is 0.500. The van der Waals surface area contributed by atoms with Crippen LogP contribution < -0.4 is 30.3 Å². The first-order chi connectivity index (χ1) is 51.7. The number of allylic oxidation sites excluding steroid dienone is 1. The van der Waals surface area contributed by atoms with E-state index in [-0.39, 0.29) is 52.2 Å². The number of carbonyl (C=O) groups excluding carboxylic acids is 5. The van der Waals surface area contributed by atoms with Crippen LogP contribution in [0.25, 0.3) is 5.57 Å². The van der Waals surface area contributed by atoms with Gasteiger partial charge in [0.2, 0.25) is 23.5 Å². The summed E-state index contributed by atoms with van der Waals surface area (Å²) in [5, 5.41) is 12.2. The van der Waals surface area contributed by atoms with Gasteiger partial charge >= 0.3 is 5.51 Å². The van der Waals surface area contributed by atoms with Gasteiger partial charge in [0.1, 0.15) is 27.4 Å². The zero-order valence-corrected chi connectivity index (χ0v) is 65.9. The lowest BCUT2D eigenvalue weighted by atomic mass is 9.73. The van der Waals surface area contributed by atoms with Crippen LogP contribution in [0.5, 0.6) is 5.75 Å². The second-order valence-electron chi connectivity index (χ2n) is 29.8. The van der Waals surface area contributed by atoms with Crippen LogP contribution in [0.1, 0.15) is 167 Å². The number of aromatic nitrogens is 1. The van der Waals surface area contributed by atoms with Crippen LogP contribution in [-0.2, 0) is 34.2 Å². The fourth-order valence-corrected chi connectivity index (χ4v) is 19.2. The van der Waals surface area contributed by atoms with E-state index in [1.54, 1.807) is 55.7 Å². The van der Waals surface area contributed by atoms with Crippen molar-refractivity contribution in [3.05, 3.63) is 165 Å². The first-order valence-corrected chi connectivity index (χ1v) is 43.0. The van der Waals surface area contributed by atoms with Crippen molar-refractivity contribution in [2.24, 2.45) is 11.3 Å². The molecule has 11 rings (SSSR count). The molecular weight excluding hydrogens is 1480 g/mol. The lowest BCUT2D eigenvalue weighted by Gasteiger charge is -2.39. The van der Waals surface area contributed by atoms with Gasteiger partial charge in [-0.3, -0.25) is 33.8 Å². The number of anilines is 2. The van der Waals surface area contributed by atoms with Gasteiger partial charge in [0, 0.05) is 122 Å². The van der Waals surface area contributed by atoms with E-state index in [4.69, 9.17) is 21.3 Å². The Kier molecular flexibility index (Phi) is 28.0. The van der Waals surface area contributed by atoms with Crippen molar-refractivity contribution in [2.75, 3.05) is 102 Å². The van der Waals surface area contributed by atoms with Gasteiger partial charge in [-0.05, 0) is 180 Å². The summed E-state index contributed by atoms with van der Waals surface area (Å²) in [6.45, 7) is 13.6. The Morgan fingerprint density at radius 3 is 2.19 bits per heavy atom. The van der Waals surface area contributed by atoms with Gasteiger partial charge in [-0.15, -0.1) is 23.1 Å². The third-order valence-electron chi connectivity index (χ3n) is 21.5. The molecule has 4 unspecified atom stereocenters. The average molecular weight is 1580 g/mol. The number of amides is 4. The van der Waals surface area contributed by atoms with E-state index in [1.807, 2.05) is 57.0 Å². The largest absolute Gasteiger partial charge is 0.501 e. The highest BCUT2D eigenvalue weighted by atomic mass is 35.5. The van der Waals surface area contributed by atoms with Crippen molar-refractivity contribution in [3.8, 4) is 5.75 Å². The maximum absolute atomic E-state index is 14.6. The number of hydrogen-bond acceptors (Lipinski definition) is 18. The highest BCUT2D eigenvalue weighted by molar-refractivity contribution is 7.99. The van der Waals surface area contributed by atoms with Gasteiger partial charge in [0.05, 0.1) is 29.3 Å². The van der Waals surface area contributed by atoms with E-state index in [0.29, 0.717) is 118 Å². The molecule has 2 aliphatic carbocycles. The molecule has 582 valence electrons. The summed E-state index contributed by atoms with van der Waals surface area (Å²) in [6, 6.07) is 31.1. The molecule has 3 aliphatic heterocycles. The van der Waals surface area contributed by atoms with Gasteiger partial charge in [-0.2, -0.15) is 13.2 Å². The molecule has 4 fully saturated rings. The molecule has 4 atom stereocenters. The smallest absolute Gasteiger partial charge is 0.494 e. The van der Waals surface area contributed by atoms with Crippen LogP contribution in [0.4, 0.5) is 24.5 Å². The van der Waals surface area contributed by atoms with Crippen molar-refractivity contribution in [1.29, 1.82) is 0 Å². The first-order valence-electron chi connectivity index (χ1n) is 37.7. The van der Waals surface area contributed by atoms with Gasteiger partial charge in [0.25, 0.3) is 25.8 Å². The Morgan fingerprint density at radius 1 is 0.769 bits per heavy atom. The highest BCUT2D eigenvalue weighted by Gasteiger charge is 2.49. The van der Waals surface area contributed by atoms with Crippen molar-refractivity contribution in [2.45, 2.75) is 168 Å². The summed E-state index contributed by atoms with van der Waals surface area (Å²) in [5.41, 5.74) is -0.543. The molecule has 108 heavy (non-hydrogen) atoms. The average Bonchev–Trinajstić information content (AvgIpc) is 0.931. The van der Waals surface area contributed by atoms with E-state index in [1.165, 1.54) is 51.9 Å². The Bertz CT molecular complexity index is 4360. The molecule has 20 nitrogen and oxygen atoms in total. The number of sulfonamides is 1. The highest BCUT2D eigenvalue weighted by Crippen LogP contribution is 2.44. The minimum absolute atomic E-state index is 0.0313. The number of benzene rings is 5. The van der Waals surface area contributed by atoms with Crippen LogP contribution in [0, 0.1) is 11.3 Å². The summed E-state index contributed by atoms with van der Waals surface area (Å²) in [5.74, 6) is -0.668. The first kappa shape index (κ1) is 81.6. The lowest BCUT2D eigenvalue weighted by Crippen LogP contribution is -2.55. The third kappa shape index (κ3) is 21.4. The predicted octanol–water partition coefficient (Wildman–Crippen LogP) is 13.7. The summed E-state index contributed by atoms with van der Waals surface area (Å²) in [7, 11) is -9.38. The molecule has 4 amide bonds. The van der Waals surface area contributed by atoms with Crippen LogP contribution in [0.2, 0.25) is 5.02 Å². The van der Waals surface area contributed by atoms with Gasteiger partial charge < -0.3 is 35.4 Å². The van der Waals surface area contributed by atoms with E-state index >= 15 is 0 Å². The molecule has 28 heteroatoms. The van der Waals surface area contributed by atoms with E-state index in [9.17, 15) is 54.0 Å². The number of halogens is 4. The molecule has 1 aromatic heterocycles. The number of ketones is 1. The number of nitrogens with one attached hydrogen (secondary N) is 4. The molecule has 1 saturated carbocycles. The SMILES string of the molecule is CNC(C)C(=O)NC(C(=O)N1CCCC1c1nc(C(=O)c2cccc(OCCCCCCC(=O)N3CCN(CCC(CSc4ccccc4)Nc4ccc(S(=O)(=O)NC(=O)c5ccc(N6CCN(CC7=C(c8ccc(Cl)cc8)CCC(C)(C)C7)CC6)cc5)cc4S(=O)(=O)C(F)(F)F)CC3)c2)cs1)C1CCCCC1. The second kappa shape index (κ2) is 37.1. The molecule has 4 heterocycles. The minimum atomic E-state index is -6.16. The Morgan fingerprint density at radius 2 is 1.48 bits per heavy atom. The number of thiazole rings is 1. The van der Waals surface area contributed by atoms with Crippen molar-refractivity contribution < 1.29 is 58.7 Å². The Hall–Kier alpha value is -7.37. The molecule has 0 bridgehead atoms. The summed E-state index contributed by atoms with van der Waals surface area (Å²) < 4.78 is 106. The molecule has 0 spiro atoms. The van der Waals surface area contributed by atoms with Crippen LogP contribution in [0.15, 0.2) is 147 Å². The zero-order valence-electron chi connectivity index (χ0n) is 61.9. The predicted molar refractivity (Wildman–Crippen MR) is 419 cm³/mol. The third-order valence-corrected chi connectivity index (χ3v) is 26.8. The molecule has 6 aromatic rings. The number of likely N-dealkylation sites (N-methyl/N-ethyl adjacent to an activating group) is 1. The number of carbonyl (C=O) groups is 5. The Labute approximate surface area is 646 Å². The fourth-order valence-electron chi connectivity index (χ4n) is 15.1. The number of thioether (sulfide) groups is 1. The van der Waals surface area contributed by atoms with Crippen LogP contribution >= 0.6 is 34.7 Å². The number of unbranched alkanes of at least 4 members (excludes halogenated alkanes) is 3. The van der Waals surface area contributed by atoms with E-state index in [0.717, 1.165) is 119 Å². The zero-order chi connectivity index (χ0) is 76.8. The van der Waals surface area contributed by atoms with Gasteiger partial charge in [-0.25, -0.2) is 26.5 Å². The van der Waals surface area contributed by atoms with Gasteiger partial charge in [-0.1, -0.05) is 106 Å². The summed E-state index contributed by atoms with van der Waals surface area (Å²) in [6.07, 6.45) is 13.3. The number of alkyl halides is 3. The number of likely N-dealkylation sites (tertiary alicyclic amines) is 1. The summed E-state index contributed by atoms with van der Waals surface area (Å²) in [4.78, 5) is 82.3. The van der Waals surface area contributed by atoms with Crippen LogP contribution in [0.3, 0.4) is 0 Å². The molecule has 3 saturated heterocycles. The number of ether oxygens (including phenoxy) is 1. The second-order valence-corrected chi connectivity index (χ2v) is 35.8. The summed E-state index contributed by atoms with van der Waals surface area (Å²) >= 11 is 9.01. The number of piperazine rings is 2. The number of nitrogens with zero attached hydrogens (tertiary/aromatic N) is 6.